The van der Waals surface area contributed by atoms with Gasteiger partial charge in [0.15, 0.2) is 0 Å². The molecule has 82 valence electrons. The Balaban J connectivity index is 2.19. The van der Waals surface area contributed by atoms with Crippen molar-refractivity contribution in [3.63, 3.8) is 0 Å². The summed E-state index contributed by atoms with van der Waals surface area (Å²) in [4.78, 5) is 10.7. The van der Waals surface area contributed by atoms with Crippen LogP contribution in [0.5, 0.6) is 0 Å². The molecule has 0 saturated heterocycles. The summed E-state index contributed by atoms with van der Waals surface area (Å²) in [5.74, 6) is 3.04. The lowest BCUT2D eigenvalue weighted by Crippen LogP contribution is -2.31. The van der Waals surface area contributed by atoms with Gasteiger partial charge in [0, 0.05) is 19.2 Å². The second kappa shape index (κ2) is 3.68. The lowest BCUT2D eigenvalue weighted by molar-refractivity contribution is 0.603. The fourth-order valence-electron chi connectivity index (χ4n) is 1.86. The standard InChI is InChI=1S/C11H18N4/c1-7(9-4-5-9)15(3)11-6-10(12)13-8(2)14-11/h6-7,9H,4-5H2,1-3H3,(H2,12,13,14). The van der Waals surface area contributed by atoms with Crippen LogP contribution in [0, 0.1) is 12.8 Å². The molecule has 0 bridgehead atoms. The molecule has 1 aromatic rings. The molecule has 1 saturated carbocycles. The first-order chi connectivity index (χ1) is 7.08. The van der Waals surface area contributed by atoms with Crippen molar-refractivity contribution in [2.75, 3.05) is 17.7 Å². The van der Waals surface area contributed by atoms with Crippen molar-refractivity contribution in [2.24, 2.45) is 5.92 Å². The molecular formula is C11H18N4. The van der Waals surface area contributed by atoms with Crippen LogP contribution in [0.4, 0.5) is 11.6 Å². The van der Waals surface area contributed by atoms with Gasteiger partial charge in [0.2, 0.25) is 0 Å². The Bertz CT molecular complexity index is 339. The average molecular weight is 206 g/mol. The molecule has 0 radical (unpaired) electrons. The molecule has 0 aliphatic heterocycles. The van der Waals surface area contributed by atoms with Crippen LogP contribution in [0.25, 0.3) is 0 Å². The zero-order valence-corrected chi connectivity index (χ0v) is 9.57. The van der Waals surface area contributed by atoms with Gasteiger partial charge >= 0.3 is 0 Å². The van der Waals surface area contributed by atoms with Crippen molar-refractivity contribution >= 4 is 11.6 Å². The highest BCUT2D eigenvalue weighted by Gasteiger charge is 2.31. The Kier molecular flexibility index (Phi) is 2.50. The van der Waals surface area contributed by atoms with Gasteiger partial charge < -0.3 is 10.6 Å². The number of nitrogen functional groups attached to an aromatic ring is 1. The third kappa shape index (κ3) is 2.19. The summed E-state index contributed by atoms with van der Waals surface area (Å²) in [6, 6.07) is 2.38. The average Bonchev–Trinajstić information content (AvgIpc) is 2.97. The molecule has 1 atom stereocenters. The van der Waals surface area contributed by atoms with E-state index in [1.165, 1.54) is 12.8 Å². The molecule has 0 aromatic carbocycles. The van der Waals surface area contributed by atoms with Gasteiger partial charge in [-0.25, -0.2) is 9.97 Å². The molecule has 1 unspecified atom stereocenters. The predicted octanol–water partition coefficient (Wildman–Crippen LogP) is 1.60. The number of nitrogens with zero attached hydrogens (tertiary/aromatic N) is 3. The summed E-state index contributed by atoms with van der Waals surface area (Å²) in [7, 11) is 2.07. The Labute approximate surface area is 90.5 Å². The van der Waals surface area contributed by atoms with Gasteiger partial charge in [0.1, 0.15) is 17.5 Å². The number of aryl methyl sites for hydroxylation is 1. The quantitative estimate of drug-likeness (QED) is 0.816. The van der Waals surface area contributed by atoms with Crippen molar-refractivity contribution in [3.8, 4) is 0 Å². The minimum absolute atomic E-state index is 0.540. The summed E-state index contributed by atoms with van der Waals surface area (Å²) < 4.78 is 0. The Morgan fingerprint density at radius 2 is 2.13 bits per heavy atom. The maximum Gasteiger partial charge on any atom is 0.134 e. The van der Waals surface area contributed by atoms with Crippen molar-refractivity contribution in [1.82, 2.24) is 9.97 Å². The normalized spacial score (nSPS) is 17.5. The van der Waals surface area contributed by atoms with Crippen LogP contribution in [0.3, 0.4) is 0 Å². The van der Waals surface area contributed by atoms with Crippen LogP contribution in [0.1, 0.15) is 25.6 Å². The number of nitrogens with two attached hydrogens (primary N) is 1. The SMILES string of the molecule is Cc1nc(N)cc(N(C)C(C)C2CC2)n1. The summed E-state index contributed by atoms with van der Waals surface area (Å²) in [6.45, 7) is 4.11. The third-order valence-electron chi connectivity index (χ3n) is 3.12. The van der Waals surface area contributed by atoms with Crippen molar-refractivity contribution in [2.45, 2.75) is 32.7 Å². The molecule has 1 aliphatic carbocycles. The molecule has 1 fully saturated rings. The number of hydrogen-bond donors (Lipinski definition) is 1. The van der Waals surface area contributed by atoms with Gasteiger partial charge in [-0.1, -0.05) is 0 Å². The molecule has 2 rings (SSSR count). The van der Waals surface area contributed by atoms with E-state index in [4.69, 9.17) is 5.73 Å². The highest BCUT2D eigenvalue weighted by Crippen LogP contribution is 2.35. The highest BCUT2D eigenvalue weighted by molar-refractivity contribution is 5.47. The first kappa shape index (κ1) is 10.2. The summed E-state index contributed by atoms with van der Waals surface area (Å²) in [5.41, 5.74) is 5.71. The fraction of sp³-hybridized carbons (Fsp3) is 0.636. The molecule has 2 N–H and O–H groups in total. The van der Waals surface area contributed by atoms with Gasteiger partial charge in [-0.05, 0) is 32.6 Å². The molecule has 1 aliphatic rings. The zero-order chi connectivity index (χ0) is 11.0. The van der Waals surface area contributed by atoms with E-state index in [1.807, 2.05) is 13.0 Å². The first-order valence-electron chi connectivity index (χ1n) is 5.42. The van der Waals surface area contributed by atoms with E-state index in [0.717, 1.165) is 17.6 Å². The van der Waals surface area contributed by atoms with Crippen molar-refractivity contribution in [1.29, 1.82) is 0 Å². The van der Waals surface area contributed by atoms with E-state index < -0.39 is 0 Å². The van der Waals surface area contributed by atoms with E-state index in [0.29, 0.717) is 11.9 Å². The molecule has 0 amide bonds. The third-order valence-corrected chi connectivity index (χ3v) is 3.12. The Morgan fingerprint density at radius 3 is 2.67 bits per heavy atom. The van der Waals surface area contributed by atoms with Gasteiger partial charge in [-0.15, -0.1) is 0 Å². The van der Waals surface area contributed by atoms with E-state index in [9.17, 15) is 0 Å². The minimum atomic E-state index is 0.540. The van der Waals surface area contributed by atoms with Gasteiger partial charge in [0.05, 0.1) is 0 Å². The number of rotatable bonds is 3. The van der Waals surface area contributed by atoms with Crippen LogP contribution in [0.15, 0.2) is 6.07 Å². The maximum atomic E-state index is 5.71. The van der Waals surface area contributed by atoms with E-state index in [2.05, 4.69) is 28.8 Å². The van der Waals surface area contributed by atoms with Crippen LogP contribution < -0.4 is 10.6 Å². The molecule has 0 spiro atoms. The van der Waals surface area contributed by atoms with E-state index in [1.54, 1.807) is 0 Å². The predicted molar refractivity (Wildman–Crippen MR) is 61.8 cm³/mol. The second-order valence-corrected chi connectivity index (χ2v) is 4.39. The van der Waals surface area contributed by atoms with Gasteiger partial charge in [0.25, 0.3) is 0 Å². The molecule has 15 heavy (non-hydrogen) atoms. The molecule has 4 nitrogen and oxygen atoms in total. The number of anilines is 2. The smallest absolute Gasteiger partial charge is 0.134 e. The maximum absolute atomic E-state index is 5.71. The topological polar surface area (TPSA) is 55.0 Å². The van der Waals surface area contributed by atoms with Crippen LogP contribution in [-0.2, 0) is 0 Å². The highest BCUT2D eigenvalue weighted by atomic mass is 15.2. The number of hydrogen-bond acceptors (Lipinski definition) is 4. The summed E-state index contributed by atoms with van der Waals surface area (Å²) in [6.07, 6.45) is 2.68. The molecule has 4 heteroatoms. The Hall–Kier alpha value is -1.32. The lowest BCUT2D eigenvalue weighted by atomic mass is 10.2. The van der Waals surface area contributed by atoms with Crippen LogP contribution in [0.2, 0.25) is 0 Å². The number of aromatic nitrogens is 2. The summed E-state index contributed by atoms with van der Waals surface area (Å²) >= 11 is 0. The first-order valence-corrected chi connectivity index (χ1v) is 5.42. The van der Waals surface area contributed by atoms with E-state index >= 15 is 0 Å². The Morgan fingerprint density at radius 1 is 1.47 bits per heavy atom. The second-order valence-electron chi connectivity index (χ2n) is 4.39. The monoisotopic (exact) mass is 206 g/mol. The summed E-state index contributed by atoms with van der Waals surface area (Å²) in [5, 5.41) is 0. The molecular weight excluding hydrogens is 188 g/mol. The minimum Gasteiger partial charge on any atom is -0.384 e. The fourth-order valence-corrected chi connectivity index (χ4v) is 1.86. The molecule has 1 aromatic heterocycles. The van der Waals surface area contributed by atoms with Crippen LogP contribution >= 0.6 is 0 Å². The lowest BCUT2D eigenvalue weighted by Gasteiger charge is -2.26. The van der Waals surface area contributed by atoms with Gasteiger partial charge in [-0.2, -0.15) is 0 Å². The van der Waals surface area contributed by atoms with Crippen molar-refractivity contribution < 1.29 is 0 Å². The van der Waals surface area contributed by atoms with E-state index in [-0.39, 0.29) is 0 Å². The van der Waals surface area contributed by atoms with Gasteiger partial charge in [-0.3, -0.25) is 0 Å². The van der Waals surface area contributed by atoms with Crippen molar-refractivity contribution in [3.05, 3.63) is 11.9 Å². The zero-order valence-electron chi connectivity index (χ0n) is 9.57. The largest absolute Gasteiger partial charge is 0.384 e. The molecule has 1 heterocycles. The van der Waals surface area contributed by atoms with Crippen LogP contribution in [-0.4, -0.2) is 23.1 Å².